The highest BCUT2D eigenvalue weighted by Crippen LogP contribution is 2.30. The largest absolute Gasteiger partial charge is 0.474 e. The quantitative estimate of drug-likeness (QED) is 0.674. The van der Waals surface area contributed by atoms with E-state index in [0.29, 0.717) is 6.10 Å². The van der Waals surface area contributed by atoms with Crippen molar-refractivity contribution in [3.63, 3.8) is 0 Å². The summed E-state index contributed by atoms with van der Waals surface area (Å²) in [6.07, 6.45) is 8.34. The summed E-state index contributed by atoms with van der Waals surface area (Å²) in [5.74, 6) is 1.65. The fourth-order valence-corrected chi connectivity index (χ4v) is 4.18. The molecular weight excluding hydrogens is 354 g/mol. The second-order valence-corrected chi connectivity index (χ2v) is 7.65. The first-order chi connectivity index (χ1) is 13.8. The van der Waals surface area contributed by atoms with Crippen molar-refractivity contribution < 1.29 is 9.26 Å². The lowest BCUT2D eigenvalue weighted by Crippen LogP contribution is -2.45. The topological polar surface area (TPSA) is 67.5 Å². The number of rotatable bonds is 5. The van der Waals surface area contributed by atoms with Crippen LogP contribution in [0.15, 0.2) is 41.3 Å². The van der Waals surface area contributed by atoms with Gasteiger partial charge in [-0.25, -0.2) is 9.97 Å². The van der Waals surface area contributed by atoms with E-state index in [4.69, 9.17) is 9.26 Å². The van der Waals surface area contributed by atoms with E-state index in [0.717, 1.165) is 68.1 Å². The standard InChI is InChI=1S/C21H25N5O2/c1-2-4-17(3-1)27-21-19-13-16(5-6-20(19)22-15-23-21)26-11-9-25(10-12-26)14-18-7-8-24-28-18/h5-8,13,15,17H,1-4,9-12,14H2. The van der Waals surface area contributed by atoms with Crippen LogP contribution in [-0.2, 0) is 6.54 Å². The first kappa shape index (κ1) is 17.4. The van der Waals surface area contributed by atoms with Crippen molar-refractivity contribution in [2.75, 3.05) is 31.1 Å². The van der Waals surface area contributed by atoms with Crippen molar-refractivity contribution in [2.24, 2.45) is 0 Å². The van der Waals surface area contributed by atoms with Crippen molar-refractivity contribution in [1.82, 2.24) is 20.0 Å². The van der Waals surface area contributed by atoms with Gasteiger partial charge in [-0.2, -0.15) is 0 Å². The predicted molar refractivity (Wildman–Crippen MR) is 106 cm³/mol. The highest BCUT2D eigenvalue weighted by Gasteiger charge is 2.21. The molecule has 0 amide bonds. The van der Waals surface area contributed by atoms with Gasteiger partial charge in [0.1, 0.15) is 12.4 Å². The van der Waals surface area contributed by atoms with Crippen LogP contribution in [-0.4, -0.2) is 52.3 Å². The Bertz CT molecular complexity index is 916. The lowest BCUT2D eigenvalue weighted by atomic mass is 10.1. The van der Waals surface area contributed by atoms with Crippen LogP contribution in [0.2, 0.25) is 0 Å². The van der Waals surface area contributed by atoms with Crippen molar-refractivity contribution in [2.45, 2.75) is 38.3 Å². The zero-order valence-corrected chi connectivity index (χ0v) is 16.0. The third-order valence-electron chi connectivity index (χ3n) is 5.77. The number of piperazine rings is 1. The van der Waals surface area contributed by atoms with Crippen LogP contribution in [0.1, 0.15) is 31.4 Å². The maximum Gasteiger partial charge on any atom is 0.224 e. The Morgan fingerprint density at radius 1 is 1.04 bits per heavy atom. The summed E-state index contributed by atoms with van der Waals surface area (Å²) < 4.78 is 11.4. The summed E-state index contributed by atoms with van der Waals surface area (Å²) in [5.41, 5.74) is 2.15. The first-order valence-corrected chi connectivity index (χ1v) is 10.1. The Hall–Kier alpha value is -2.67. The Morgan fingerprint density at radius 3 is 2.68 bits per heavy atom. The SMILES string of the molecule is c1cc(CN2CCN(c3ccc4ncnc(OC5CCCC5)c4c3)CC2)on1. The third-order valence-corrected chi connectivity index (χ3v) is 5.77. The molecule has 3 aromatic rings. The molecule has 0 N–H and O–H groups in total. The molecule has 7 nitrogen and oxygen atoms in total. The van der Waals surface area contributed by atoms with E-state index in [1.54, 1.807) is 12.5 Å². The van der Waals surface area contributed by atoms with Gasteiger partial charge in [0.05, 0.1) is 23.6 Å². The molecule has 0 atom stereocenters. The second kappa shape index (κ2) is 7.75. The number of hydrogen-bond acceptors (Lipinski definition) is 7. The molecule has 1 aliphatic carbocycles. The van der Waals surface area contributed by atoms with Gasteiger partial charge in [0.2, 0.25) is 5.88 Å². The molecule has 2 aliphatic rings. The van der Waals surface area contributed by atoms with Crippen LogP contribution in [0.3, 0.4) is 0 Å². The molecule has 5 rings (SSSR count). The van der Waals surface area contributed by atoms with Gasteiger partial charge in [-0.3, -0.25) is 4.90 Å². The van der Waals surface area contributed by atoms with Crippen LogP contribution in [0.4, 0.5) is 5.69 Å². The Balaban J connectivity index is 1.30. The van der Waals surface area contributed by atoms with Crippen LogP contribution in [0, 0.1) is 0 Å². The molecule has 7 heteroatoms. The van der Waals surface area contributed by atoms with Gasteiger partial charge in [0, 0.05) is 37.9 Å². The molecule has 0 radical (unpaired) electrons. The molecule has 0 spiro atoms. The Kier molecular flexibility index (Phi) is 4.83. The minimum atomic E-state index is 0.293. The zero-order chi connectivity index (χ0) is 18.8. The molecule has 0 unspecified atom stereocenters. The van der Waals surface area contributed by atoms with Crippen LogP contribution in [0.25, 0.3) is 10.9 Å². The average Bonchev–Trinajstić information content (AvgIpc) is 3.43. The molecule has 0 bridgehead atoms. The molecule has 28 heavy (non-hydrogen) atoms. The summed E-state index contributed by atoms with van der Waals surface area (Å²) >= 11 is 0. The van der Waals surface area contributed by atoms with Gasteiger partial charge < -0.3 is 14.2 Å². The highest BCUT2D eigenvalue weighted by atomic mass is 16.5. The number of anilines is 1. The van der Waals surface area contributed by atoms with Crippen molar-refractivity contribution in [3.05, 3.63) is 42.5 Å². The third kappa shape index (κ3) is 3.67. The molecule has 3 heterocycles. The number of aromatic nitrogens is 3. The molecule has 1 saturated heterocycles. The van der Waals surface area contributed by atoms with Crippen LogP contribution < -0.4 is 9.64 Å². The van der Waals surface area contributed by atoms with Crippen molar-refractivity contribution >= 4 is 16.6 Å². The minimum absolute atomic E-state index is 0.293. The molecule has 2 fully saturated rings. The zero-order valence-electron chi connectivity index (χ0n) is 16.0. The van der Waals surface area contributed by atoms with Crippen molar-refractivity contribution in [1.29, 1.82) is 0 Å². The lowest BCUT2D eigenvalue weighted by molar-refractivity contribution is 0.204. The van der Waals surface area contributed by atoms with E-state index >= 15 is 0 Å². The monoisotopic (exact) mass is 379 g/mol. The van der Waals surface area contributed by atoms with Gasteiger partial charge in [-0.15, -0.1) is 0 Å². The fourth-order valence-electron chi connectivity index (χ4n) is 4.18. The predicted octanol–water partition coefficient (Wildman–Crippen LogP) is 3.26. The smallest absolute Gasteiger partial charge is 0.224 e. The molecule has 146 valence electrons. The van der Waals surface area contributed by atoms with E-state index in [1.165, 1.54) is 18.5 Å². The average molecular weight is 379 g/mol. The van der Waals surface area contributed by atoms with E-state index in [-0.39, 0.29) is 0 Å². The Labute approximate surface area is 164 Å². The first-order valence-electron chi connectivity index (χ1n) is 10.1. The van der Waals surface area contributed by atoms with E-state index in [1.807, 2.05) is 6.07 Å². The minimum Gasteiger partial charge on any atom is -0.474 e. The molecule has 1 saturated carbocycles. The van der Waals surface area contributed by atoms with E-state index in [9.17, 15) is 0 Å². The van der Waals surface area contributed by atoms with Gasteiger partial charge in [0.15, 0.2) is 5.76 Å². The number of ether oxygens (including phenoxy) is 1. The van der Waals surface area contributed by atoms with Crippen LogP contribution in [0.5, 0.6) is 5.88 Å². The maximum atomic E-state index is 6.21. The number of fused-ring (bicyclic) bond motifs is 1. The Morgan fingerprint density at radius 2 is 1.89 bits per heavy atom. The van der Waals surface area contributed by atoms with Crippen LogP contribution >= 0.6 is 0 Å². The summed E-state index contributed by atoms with van der Waals surface area (Å²) in [4.78, 5) is 13.7. The lowest BCUT2D eigenvalue weighted by Gasteiger charge is -2.35. The van der Waals surface area contributed by atoms with E-state index in [2.05, 4.69) is 43.1 Å². The summed E-state index contributed by atoms with van der Waals surface area (Å²) in [7, 11) is 0. The van der Waals surface area contributed by atoms with Gasteiger partial charge >= 0.3 is 0 Å². The van der Waals surface area contributed by atoms with E-state index < -0.39 is 0 Å². The van der Waals surface area contributed by atoms with Gasteiger partial charge in [-0.1, -0.05) is 5.16 Å². The number of hydrogen-bond donors (Lipinski definition) is 0. The summed E-state index contributed by atoms with van der Waals surface area (Å²) in [6.45, 7) is 4.77. The fraction of sp³-hybridized carbons (Fsp3) is 0.476. The molecule has 1 aliphatic heterocycles. The summed E-state index contributed by atoms with van der Waals surface area (Å²) in [5, 5.41) is 4.80. The number of nitrogens with zero attached hydrogens (tertiary/aromatic N) is 5. The highest BCUT2D eigenvalue weighted by molar-refractivity contribution is 5.86. The maximum absolute atomic E-state index is 6.21. The molecule has 2 aromatic heterocycles. The number of benzene rings is 1. The van der Waals surface area contributed by atoms with Gasteiger partial charge in [-0.05, 0) is 43.9 Å². The molecular formula is C21H25N5O2. The normalized spacial score (nSPS) is 18.8. The summed E-state index contributed by atoms with van der Waals surface area (Å²) in [6, 6.07) is 8.35. The second-order valence-electron chi connectivity index (χ2n) is 7.65. The molecule has 1 aromatic carbocycles. The van der Waals surface area contributed by atoms with Crippen molar-refractivity contribution in [3.8, 4) is 5.88 Å². The van der Waals surface area contributed by atoms with Gasteiger partial charge in [0.25, 0.3) is 0 Å².